The Balaban J connectivity index is 2.00. The van der Waals surface area contributed by atoms with Crippen molar-refractivity contribution in [2.75, 3.05) is 0 Å². The number of hydrogen-bond acceptors (Lipinski definition) is 4. The quantitative estimate of drug-likeness (QED) is 0.788. The highest BCUT2D eigenvalue weighted by Gasteiger charge is 2.08. The summed E-state index contributed by atoms with van der Waals surface area (Å²) in [6.45, 7) is 0.348. The molecule has 0 radical (unpaired) electrons. The molecule has 0 aliphatic rings. The van der Waals surface area contributed by atoms with Gasteiger partial charge in [0.15, 0.2) is 0 Å². The predicted molar refractivity (Wildman–Crippen MR) is 74.5 cm³/mol. The molecule has 2 aromatic rings. The summed E-state index contributed by atoms with van der Waals surface area (Å²) in [7, 11) is 1.86. The van der Waals surface area contributed by atoms with Gasteiger partial charge in [0.2, 0.25) is 0 Å². The lowest BCUT2D eigenvalue weighted by atomic mass is 10.2. The molecular formula is C12H13N5OS. The van der Waals surface area contributed by atoms with Crippen molar-refractivity contribution in [3.8, 4) is 0 Å². The number of carbonyl (C=O) groups is 1. The monoisotopic (exact) mass is 275 g/mol. The lowest BCUT2D eigenvalue weighted by Crippen LogP contribution is -2.25. The molecular weight excluding hydrogens is 262 g/mol. The van der Waals surface area contributed by atoms with Gasteiger partial charge in [-0.25, -0.2) is 4.98 Å². The number of nitrogens with one attached hydrogen (secondary N) is 1. The maximum absolute atomic E-state index is 11.9. The van der Waals surface area contributed by atoms with E-state index in [1.807, 2.05) is 17.8 Å². The fourth-order valence-corrected chi connectivity index (χ4v) is 1.61. The van der Waals surface area contributed by atoms with E-state index in [2.05, 4.69) is 15.3 Å². The van der Waals surface area contributed by atoms with Crippen molar-refractivity contribution in [2.45, 2.75) is 6.54 Å². The van der Waals surface area contributed by atoms with Gasteiger partial charge in [-0.05, 0) is 12.1 Å². The molecule has 19 heavy (non-hydrogen) atoms. The average Bonchev–Trinajstić information content (AvgIpc) is 2.81. The van der Waals surface area contributed by atoms with Crippen LogP contribution in [-0.2, 0) is 13.6 Å². The summed E-state index contributed by atoms with van der Waals surface area (Å²) < 4.78 is 1.84. The standard InChI is InChI=1S/C12H13N5OS/c1-17-5-4-14-10(17)7-16-12(18)9-3-2-8(6-15-9)11(13)19/h2-6H,7H2,1H3,(H2,13,19)(H,16,18). The molecule has 0 atom stereocenters. The van der Waals surface area contributed by atoms with E-state index in [9.17, 15) is 4.79 Å². The summed E-state index contributed by atoms with van der Waals surface area (Å²) in [6.07, 6.45) is 4.98. The lowest BCUT2D eigenvalue weighted by Gasteiger charge is -2.05. The Morgan fingerprint density at radius 3 is 2.79 bits per heavy atom. The smallest absolute Gasteiger partial charge is 0.270 e. The normalized spacial score (nSPS) is 10.2. The van der Waals surface area contributed by atoms with Gasteiger partial charge in [-0.15, -0.1) is 0 Å². The highest BCUT2D eigenvalue weighted by Crippen LogP contribution is 2.01. The van der Waals surface area contributed by atoms with Crippen LogP contribution in [0.15, 0.2) is 30.7 Å². The van der Waals surface area contributed by atoms with Crippen molar-refractivity contribution < 1.29 is 4.79 Å². The van der Waals surface area contributed by atoms with E-state index in [1.54, 1.807) is 18.3 Å². The Labute approximate surface area is 115 Å². The molecule has 0 bridgehead atoms. The molecule has 98 valence electrons. The van der Waals surface area contributed by atoms with Gasteiger partial charge in [-0.1, -0.05) is 12.2 Å². The van der Waals surface area contributed by atoms with Crippen LogP contribution in [0.2, 0.25) is 0 Å². The number of pyridine rings is 1. The first-order valence-electron chi connectivity index (χ1n) is 5.58. The van der Waals surface area contributed by atoms with Crippen molar-refractivity contribution in [3.63, 3.8) is 0 Å². The number of carbonyl (C=O) groups excluding carboxylic acids is 1. The molecule has 0 unspecified atom stereocenters. The molecule has 0 aromatic carbocycles. The van der Waals surface area contributed by atoms with Crippen molar-refractivity contribution in [1.82, 2.24) is 19.9 Å². The highest BCUT2D eigenvalue weighted by atomic mass is 32.1. The summed E-state index contributed by atoms with van der Waals surface area (Å²) in [4.78, 5) is 20.2. The third kappa shape index (κ3) is 3.14. The van der Waals surface area contributed by atoms with E-state index < -0.39 is 0 Å². The second-order valence-electron chi connectivity index (χ2n) is 3.93. The molecule has 6 nitrogen and oxygen atoms in total. The van der Waals surface area contributed by atoms with Gasteiger partial charge in [0.1, 0.15) is 16.5 Å². The van der Waals surface area contributed by atoms with Crippen LogP contribution in [-0.4, -0.2) is 25.4 Å². The number of rotatable bonds is 4. The number of imidazole rings is 1. The zero-order valence-corrected chi connectivity index (χ0v) is 11.1. The molecule has 0 spiro atoms. The molecule has 2 heterocycles. The van der Waals surface area contributed by atoms with Gasteiger partial charge in [-0.2, -0.15) is 0 Å². The van der Waals surface area contributed by atoms with E-state index in [-0.39, 0.29) is 10.9 Å². The van der Waals surface area contributed by atoms with Crippen LogP contribution >= 0.6 is 12.2 Å². The molecule has 0 saturated heterocycles. The van der Waals surface area contributed by atoms with Crippen molar-refractivity contribution in [1.29, 1.82) is 0 Å². The topological polar surface area (TPSA) is 85.8 Å². The first-order chi connectivity index (χ1) is 9.08. The fourth-order valence-electron chi connectivity index (χ4n) is 1.49. The minimum absolute atomic E-state index is 0.257. The molecule has 0 saturated carbocycles. The molecule has 2 rings (SSSR count). The van der Waals surface area contributed by atoms with Crippen LogP contribution in [0.4, 0.5) is 0 Å². The van der Waals surface area contributed by atoms with Crippen LogP contribution in [0, 0.1) is 0 Å². The van der Waals surface area contributed by atoms with E-state index in [0.717, 1.165) is 5.82 Å². The van der Waals surface area contributed by atoms with E-state index in [1.165, 1.54) is 6.20 Å². The number of thiocarbonyl (C=S) groups is 1. The van der Waals surface area contributed by atoms with Crippen LogP contribution in [0.3, 0.4) is 0 Å². The number of hydrogen-bond donors (Lipinski definition) is 2. The minimum atomic E-state index is -0.266. The van der Waals surface area contributed by atoms with E-state index in [0.29, 0.717) is 17.8 Å². The molecule has 7 heteroatoms. The largest absolute Gasteiger partial charge is 0.389 e. The maximum atomic E-state index is 11.9. The zero-order chi connectivity index (χ0) is 13.8. The SMILES string of the molecule is Cn1ccnc1CNC(=O)c1ccc(C(N)=S)cn1. The molecule has 0 fully saturated rings. The summed E-state index contributed by atoms with van der Waals surface area (Å²) >= 11 is 4.82. The van der Waals surface area contributed by atoms with Gasteiger partial charge in [0.05, 0.1) is 6.54 Å². The van der Waals surface area contributed by atoms with E-state index >= 15 is 0 Å². The fraction of sp³-hybridized carbons (Fsp3) is 0.167. The van der Waals surface area contributed by atoms with Gasteiger partial charge in [-0.3, -0.25) is 9.78 Å². The molecule has 0 aliphatic heterocycles. The van der Waals surface area contributed by atoms with Crippen molar-refractivity contribution >= 4 is 23.1 Å². The van der Waals surface area contributed by atoms with Crippen LogP contribution in [0.1, 0.15) is 21.9 Å². The van der Waals surface area contributed by atoms with Gasteiger partial charge in [0.25, 0.3) is 5.91 Å². The first-order valence-corrected chi connectivity index (χ1v) is 5.99. The Hall–Kier alpha value is -2.28. The molecule has 2 aromatic heterocycles. The minimum Gasteiger partial charge on any atom is -0.389 e. The van der Waals surface area contributed by atoms with Crippen LogP contribution in [0.25, 0.3) is 0 Å². The number of aromatic nitrogens is 3. The predicted octanol–water partition coefficient (Wildman–Crippen LogP) is 0.379. The number of nitrogens with zero attached hydrogens (tertiary/aromatic N) is 3. The van der Waals surface area contributed by atoms with E-state index in [4.69, 9.17) is 18.0 Å². The summed E-state index contributed by atoms with van der Waals surface area (Å²) in [6, 6.07) is 3.26. The lowest BCUT2D eigenvalue weighted by molar-refractivity contribution is 0.0944. The Kier molecular flexibility index (Phi) is 3.86. The highest BCUT2D eigenvalue weighted by molar-refractivity contribution is 7.80. The molecule has 1 amide bonds. The van der Waals surface area contributed by atoms with Crippen molar-refractivity contribution in [2.24, 2.45) is 12.8 Å². The van der Waals surface area contributed by atoms with Gasteiger partial charge < -0.3 is 15.6 Å². The summed E-state index contributed by atoms with van der Waals surface area (Å²) in [5, 5.41) is 2.74. The van der Waals surface area contributed by atoms with Crippen molar-refractivity contribution in [3.05, 3.63) is 47.8 Å². The Bertz CT molecular complexity index is 605. The van der Waals surface area contributed by atoms with Crippen LogP contribution < -0.4 is 11.1 Å². The zero-order valence-electron chi connectivity index (χ0n) is 10.3. The average molecular weight is 275 g/mol. The third-order valence-electron chi connectivity index (χ3n) is 2.61. The number of amides is 1. The van der Waals surface area contributed by atoms with Gasteiger partial charge >= 0.3 is 0 Å². The number of aryl methyl sites for hydroxylation is 1. The third-order valence-corrected chi connectivity index (χ3v) is 2.84. The molecule has 0 aliphatic carbocycles. The first kappa shape index (κ1) is 13.2. The van der Waals surface area contributed by atoms with Gasteiger partial charge in [0, 0.05) is 31.2 Å². The summed E-state index contributed by atoms with van der Waals surface area (Å²) in [5.41, 5.74) is 6.41. The Morgan fingerprint density at radius 1 is 1.47 bits per heavy atom. The molecule has 3 N–H and O–H groups in total. The van der Waals surface area contributed by atoms with Crippen LogP contribution in [0.5, 0.6) is 0 Å². The number of nitrogens with two attached hydrogens (primary N) is 1. The second kappa shape index (κ2) is 5.57. The summed E-state index contributed by atoms with van der Waals surface area (Å²) in [5.74, 6) is 0.505. The maximum Gasteiger partial charge on any atom is 0.270 e. The Morgan fingerprint density at radius 2 is 2.26 bits per heavy atom. The second-order valence-corrected chi connectivity index (χ2v) is 4.37.